The number of alkyl halides is 1. The molecule has 0 aromatic heterocycles. The van der Waals surface area contributed by atoms with Crippen LogP contribution in [0.5, 0.6) is 0 Å². The van der Waals surface area contributed by atoms with E-state index in [1.807, 2.05) is 0 Å². The fraction of sp³-hybridized carbons (Fsp3) is 0.938. The van der Waals surface area contributed by atoms with Crippen molar-refractivity contribution in [2.45, 2.75) is 63.8 Å². The van der Waals surface area contributed by atoms with Crippen molar-refractivity contribution in [2.24, 2.45) is 23.7 Å². The molecule has 2 bridgehead atoms. The molecule has 0 saturated heterocycles. The number of halogens is 1. The number of fused-ring (bicyclic) bond motifs is 2. The zero-order chi connectivity index (χ0) is 13.2. The Bertz CT molecular complexity index is 333. The monoisotopic (exact) mass is 283 g/mol. The van der Waals surface area contributed by atoms with Gasteiger partial charge in [0.15, 0.2) is 0 Å². The number of nitrogens with one attached hydrogen (secondary N) is 1. The molecule has 108 valence electrons. The van der Waals surface area contributed by atoms with Crippen LogP contribution >= 0.6 is 11.6 Å². The van der Waals surface area contributed by atoms with Gasteiger partial charge < -0.3 is 5.32 Å². The molecule has 3 fully saturated rings. The molecular formula is C16H26ClNO. The maximum atomic E-state index is 12.2. The lowest BCUT2D eigenvalue weighted by atomic mass is 9.85. The van der Waals surface area contributed by atoms with Crippen LogP contribution in [0.15, 0.2) is 0 Å². The van der Waals surface area contributed by atoms with E-state index in [2.05, 4.69) is 5.32 Å². The van der Waals surface area contributed by atoms with E-state index in [9.17, 15) is 4.79 Å². The average Bonchev–Trinajstić information content (AvgIpc) is 3.01. The van der Waals surface area contributed by atoms with Crippen LogP contribution < -0.4 is 5.32 Å². The van der Waals surface area contributed by atoms with Crippen LogP contribution in [-0.2, 0) is 4.79 Å². The second kappa shape index (κ2) is 6.03. The standard InChI is InChI=1S/C16H26ClNO/c17-10-12-2-1-3-15(8-12)18-16(19)9-14-7-11-4-5-13(14)6-11/h11-15H,1-10H2,(H,18,19). The Morgan fingerprint density at radius 3 is 2.68 bits per heavy atom. The molecule has 3 heteroatoms. The van der Waals surface area contributed by atoms with Crippen molar-refractivity contribution in [1.82, 2.24) is 5.32 Å². The number of rotatable bonds is 4. The largest absolute Gasteiger partial charge is 0.353 e. The number of carbonyl (C=O) groups is 1. The molecule has 0 aromatic rings. The minimum Gasteiger partial charge on any atom is -0.353 e. The first kappa shape index (κ1) is 13.7. The predicted molar refractivity (Wildman–Crippen MR) is 78.2 cm³/mol. The minimum atomic E-state index is 0.303. The Kier molecular flexibility index (Phi) is 4.36. The van der Waals surface area contributed by atoms with Crippen molar-refractivity contribution < 1.29 is 4.79 Å². The zero-order valence-electron chi connectivity index (χ0n) is 11.7. The third-order valence-electron chi connectivity index (χ3n) is 5.70. The highest BCUT2D eigenvalue weighted by atomic mass is 35.5. The predicted octanol–water partition coefficient (Wildman–Crippen LogP) is 3.73. The number of carbonyl (C=O) groups excluding carboxylic acids is 1. The van der Waals surface area contributed by atoms with Gasteiger partial charge in [-0.1, -0.05) is 12.8 Å². The first-order chi connectivity index (χ1) is 9.24. The molecule has 0 spiro atoms. The third kappa shape index (κ3) is 3.26. The molecule has 3 saturated carbocycles. The lowest BCUT2D eigenvalue weighted by Crippen LogP contribution is -2.39. The van der Waals surface area contributed by atoms with Crippen LogP contribution in [0.25, 0.3) is 0 Å². The maximum Gasteiger partial charge on any atom is 0.220 e. The first-order valence-corrected chi connectivity index (χ1v) is 8.63. The summed E-state index contributed by atoms with van der Waals surface area (Å²) < 4.78 is 0. The summed E-state index contributed by atoms with van der Waals surface area (Å²) in [7, 11) is 0. The second-order valence-corrected chi connectivity index (χ2v) is 7.40. The van der Waals surface area contributed by atoms with E-state index in [4.69, 9.17) is 11.6 Å². The SMILES string of the molecule is O=C(CC1CC2CCC1C2)NC1CCCC(CCl)C1. The zero-order valence-corrected chi connectivity index (χ0v) is 12.5. The molecule has 1 N–H and O–H groups in total. The molecule has 5 unspecified atom stereocenters. The Morgan fingerprint density at radius 1 is 1.11 bits per heavy atom. The number of hydrogen-bond acceptors (Lipinski definition) is 1. The molecule has 3 rings (SSSR count). The summed E-state index contributed by atoms with van der Waals surface area (Å²) in [6, 6.07) is 0.392. The lowest BCUT2D eigenvalue weighted by Gasteiger charge is -2.29. The van der Waals surface area contributed by atoms with Crippen LogP contribution in [0, 0.1) is 23.7 Å². The van der Waals surface area contributed by atoms with Crippen LogP contribution in [0.4, 0.5) is 0 Å². The summed E-state index contributed by atoms with van der Waals surface area (Å²) >= 11 is 5.95. The van der Waals surface area contributed by atoms with Gasteiger partial charge in [0.05, 0.1) is 0 Å². The van der Waals surface area contributed by atoms with Gasteiger partial charge in [-0.3, -0.25) is 4.79 Å². The molecule has 0 aromatic carbocycles. The van der Waals surface area contributed by atoms with Gasteiger partial charge in [0.25, 0.3) is 0 Å². The molecule has 3 aliphatic carbocycles. The van der Waals surface area contributed by atoms with Crippen molar-refractivity contribution in [3.05, 3.63) is 0 Å². The highest BCUT2D eigenvalue weighted by molar-refractivity contribution is 6.18. The Hall–Kier alpha value is -0.240. The second-order valence-electron chi connectivity index (χ2n) is 7.09. The van der Waals surface area contributed by atoms with E-state index in [1.165, 1.54) is 38.5 Å². The molecule has 1 amide bonds. The summed E-state index contributed by atoms with van der Waals surface area (Å²) in [6.07, 6.45) is 11.0. The van der Waals surface area contributed by atoms with Crippen LogP contribution in [-0.4, -0.2) is 17.8 Å². The summed E-state index contributed by atoms with van der Waals surface area (Å²) in [5.41, 5.74) is 0. The topological polar surface area (TPSA) is 29.1 Å². The fourth-order valence-electron chi connectivity index (χ4n) is 4.71. The van der Waals surface area contributed by atoms with Gasteiger partial charge in [-0.15, -0.1) is 11.6 Å². The van der Waals surface area contributed by atoms with E-state index < -0.39 is 0 Å². The molecule has 0 aliphatic heterocycles. The van der Waals surface area contributed by atoms with E-state index in [0.29, 0.717) is 23.8 Å². The maximum absolute atomic E-state index is 12.2. The highest BCUT2D eigenvalue weighted by Gasteiger charge is 2.40. The van der Waals surface area contributed by atoms with Gasteiger partial charge in [0, 0.05) is 18.3 Å². The molecule has 0 heterocycles. The van der Waals surface area contributed by atoms with Crippen molar-refractivity contribution >= 4 is 17.5 Å². The molecule has 0 radical (unpaired) electrons. The molecule has 2 nitrogen and oxygen atoms in total. The van der Waals surface area contributed by atoms with Crippen LogP contribution in [0.1, 0.15) is 57.8 Å². The molecule has 3 aliphatic rings. The van der Waals surface area contributed by atoms with Crippen molar-refractivity contribution in [3.8, 4) is 0 Å². The van der Waals surface area contributed by atoms with E-state index in [-0.39, 0.29) is 0 Å². The Morgan fingerprint density at radius 2 is 2.00 bits per heavy atom. The van der Waals surface area contributed by atoms with Gasteiger partial charge in [0.2, 0.25) is 5.91 Å². The van der Waals surface area contributed by atoms with Crippen LogP contribution in [0.3, 0.4) is 0 Å². The normalized spacial score (nSPS) is 41.4. The molecule has 19 heavy (non-hydrogen) atoms. The lowest BCUT2D eigenvalue weighted by molar-refractivity contribution is -0.123. The van der Waals surface area contributed by atoms with Gasteiger partial charge in [-0.2, -0.15) is 0 Å². The smallest absolute Gasteiger partial charge is 0.220 e. The molecule has 5 atom stereocenters. The quantitative estimate of drug-likeness (QED) is 0.783. The van der Waals surface area contributed by atoms with Gasteiger partial charge in [-0.25, -0.2) is 0 Å². The minimum absolute atomic E-state index is 0.303. The number of amides is 1. The summed E-state index contributed by atoms with van der Waals surface area (Å²) in [5.74, 6) is 4.15. The fourth-order valence-corrected chi connectivity index (χ4v) is 4.99. The van der Waals surface area contributed by atoms with Crippen LogP contribution in [0.2, 0.25) is 0 Å². The third-order valence-corrected chi connectivity index (χ3v) is 6.13. The number of hydrogen-bond donors (Lipinski definition) is 1. The van der Waals surface area contributed by atoms with Crippen molar-refractivity contribution in [2.75, 3.05) is 5.88 Å². The summed E-state index contributed by atoms with van der Waals surface area (Å²) in [5, 5.41) is 3.27. The first-order valence-electron chi connectivity index (χ1n) is 8.10. The van der Waals surface area contributed by atoms with E-state index >= 15 is 0 Å². The van der Waals surface area contributed by atoms with Gasteiger partial charge >= 0.3 is 0 Å². The Labute approximate surface area is 121 Å². The van der Waals surface area contributed by atoms with E-state index in [0.717, 1.165) is 37.0 Å². The summed E-state index contributed by atoms with van der Waals surface area (Å²) in [6.45, 7) is 0. The van der Waals surface area contributed by atoms with Crippen molar-refractivity contribution in [1.29, 1.82) is 0 Å². The molecular weight excluding hydrogens is 258 g/mol. The summed E-state index contributed by atoms with van der Waals surface area (Å²) in [4.78, 5) is 12.2. The average molecular weight is 284 g/mol. The highest BCUT2D eigenvalue weighted by Crippen LogP contribution is 2.49. The van der Waals surface area contributed by atoms with Gasteiger partial charge in [-0.05, 0) is 62.2 Å². The Balaban J connectivity index is 1.43. The van der Waals surface area contributed by atoms with E-state index in [1.54, 1.807) is 0 Å². The van der Waals surface area contributed by atoms with Crippen molar-refractivity contribution in [3.63, 3.8) is 0 Å². The van der Waals surface area contributed by atoms with Gasteiger partial charge in [0.1, 0.15) is 0 Å².